The van der Waals surface area contributed by atoms with Crippen LogP contribution in [0.25, 0.3) is 0 Å². The van der Waals surface area contributed by atoms with E-state index in [-0.39, 0.29) is 5.97 Å². The fourth-order valence-electron chi connectivity index (χ4n) is 2.02. The Morgan fingerprint density at radius 3 is 2.55 bits per heavy atom. The SMILES string of the molecule is COC(=O)CCCCCc1c(OC)cnc(N)c1OC. The molecule has 0 aliphatic carbocycles. The molecule has 0 aromatic carbocycles. The summed E-state index contributed by atoms with van der Waals surface area (Å²) in [6.07, 6.45) is 5.44. The molecule has 20 heavy (non-hydrogen) atoms. The summed E-state index contributed by atoms with van der Waals surface area (Å²) in [5.41, 5.74) is 6.71. The van der Waals surface area contributed by atoms with E-state index in [4.69, 9.17) is 15.2 Å². The van der Waals surface area contributed by atoms with Crippen LogP contribution in [0.15, 0.2) is 6.20 Å². The average molecular weight is 282 g/mol. The number of pyridine rings is 1. The van der Waals surface area contributed by atoms with Gasteiger partial charge in [0.2, 0.25) is 0 Å². The van der Waals surface area contributed by atoms with E-state index in [2.05, 4.69) is 9.72 Å². The summed E-state index contributed by atoms with van der Waals surface area (Å²) in [5, 5.41) is 0. The number of rotatable bonds is 8. The minimum Gasteiger partial charge on any atom is -0.495 e. The summed E-state index contributed by atoms with van der Waals surface area (Å²) < 4.78 is 15.2. The molecule has 0 unspecified atom stereocenters. The Morgan fingerprint density at radius 1 is 1.20 bits per heavy atom. The van der Waals surface area contributed by atoms with Crippen LogP contribution in [0.2, 0.25) is 0 Å². The number of ether oxygens (including phenoxy) is 3. The van der Waals surface area contributed by atoms with E-state index in [1.54, 1.807) is 20.4 Å². The quantitative estimate of drug-likeness (QED) is 0.579. The molecule has 112 valence electrons. The van der Waals surface area contributed by atoms with Gasteiger partial charge >= 0.3 is 5.97 Å². The van der Waals surface area contributed by atoms with E-state index < -0.39 is 0 Å². The summed E-state index contributed by atoms with van der Waals surface area (Å²) in [6, 6.07) is 0. The molecule has 2 N–H and O–H groups in total. The van der Waals surface area contributed by atoms with Crippen LogP contribution in [0.5, 0.6) is 11.5 Å². The summed E-state index contributed by atoms with van der Waals surface area (Å²) >= 11 is 0. The van der Waals surface area contributed by atoms with Gasteiger partial charge in [-0.15, -0.1) is 0 Å². The largest absolute Gasteiger partial charge is 0.495 e. The van der Waals surface area contributed by atoms with Crippen molar-refractivity contribution in [3.63, 3.8) is 0 Å². The first-order chi connectivity index (χ1) is 9.63. The number of carbonyl (C=O) groups is 1. The van der Waals surface area contributed by atoms with Gasteiger partial charge < -0.3 is 19.9 Å². The number of methoxy groups -OCH3 is 3. The first-order valence-electron chi connectivity index (χ1n) is 6.56. The standard InChI is InChI=1S/C14H22N2O4/c1-18-11-9-16-14(15)13(20-3)10(11)7-5-4-6-8-12(17)19-2/h9H,4-8H2,1-3H3,(H2,15,16). The first-order valence-corrected chi connectivity index (χ1v) is 6.56. The fraction of sp³-hybridized carbons (Fsp3) is 0.571. The molecule has 1 heterocycles. The summed E-state index contributed by atoms with van der Waals surface area (Å²) in [7, 11) is 4.55. The van der Waals surface area contributed by atoms with Crippen LogP contribution in [0.1, 0.15) is 31.2 Å². The Morgan fingerprint density at radius 2 is 1.95 bits per heavy atom. The third-order valence-corrected chi connectivity index (χ3v) is 3.08. The summed E-state index contributed by atoms with van der Waals surface area (Å²) in [6.45, 7) is 0. The van der Waals surface area contributed by atoms with Crippen molar-refractivity contribution in [3.8, 4) is 11.5 Å². The molecule has 0 saturated heterocycles. The maximum atomic E-state index is 11.0. The van der Waals surface area contributed by atoms with Crippen LogP contribution >= 0.6 is 0 Å². The van der Waals surface area contributed by atoms with Crippen LogP contribution in [-0.4, -0.2) is 32.3 Å². The van der Waals surface area contributed by atoms with Gasteiger partial charge in [0.05, 0.1) is 27.5 Å². The van der Waals surface area contributed by atoms with Gasteiger partial charge in [0.1, 0.15) is 5.75 Å². The molecule has 0 aliphatic rings. The third-order valence-electron chi connectivity index (χ3n) is 3.08. The number of unbranched alkanes of at least 4 members (excludes halogenated alkanes) is 2. The smallest absolute Gasteiger partial charge is 0.305 e. The van der Waals surface area contributed by atoms with E-state index in [0.29, 0.717) is 23.7 Å². The molecule has 0 saturated carbocycles. The van der Waals surface area contributed by atoms with Gasteiger partial charge in [0, 0.05) is 12.0 Å². The van der Waals surface area contributed by atoms with Gasteiger partial charge in [-0.25, -0.2) is 4.98 Å². The number of nitrogens with two attached hydrogens (primary N) is 1. The normalized spacial score (nSPS) is 10.2. The van der Waals surface area contributed by atoms with Crippen LogP contribution < -0.4 is 15.2 Å². The lowest BCUT2D eigenvalue weighted by Gasteiger charge is -2.14. The molecule has 6 nitrogen and oxygen atoms in total. The van der Waals surface area contributed by atoms with Crippen molar-refractivity contribution in [3.05, 3.63) is 11.8 Å². The molecule has 1 aromatic rings. The second-order valence-corrected chi connectivity index (χ2v) is 4.36. The zero-order valence-corrected chi connectivity index (χ0v) is 12.3. The Balaban J connectivity index is 2.58. The van der Waals surface area contributed by atoms with Crippen molar-refractivity contribution in [2.24, 2.45) is 0 Å². The molecule has 0 amide bonds. The van der Waals surface area contributed by atoms with Crippen molar-refractivity contribution in [1.82, 2.24) is 4.98 Å². The molecule has 1 aromatic heterocycles. The van der Waals surface area contributed by atoms with Gasteiger partial charge in [0.15, 0.2) is 11.6 Å². The first kappa shape index (κ1) is 16.1. The number of nitrogens with zero attached hydrogens (tertiary/aromatic N) is 1. The van der Waals surface area contributed by atoms with Gasteiger partial charge in [-0.1, -0.05) is 6.42 Å². The van der Waals surface area contributed by atoms with E-state index >= 15 is 0 Å². The second-order valence-electron chi connectivity index (χ2n) is 4.36. The third kappa shape index (κ3) is 4.29. The molecular formula is C14H22N2O4. The van der Waals surface area contributed by atoms with E-state index in [1.807, 2.05) is 0 Å². The molecule has 1 rings (SSSR count). The Labute approximate surface area is 119 Å². The number of aromatic nitrogens is 1. The minimum atomic E-state index is -0.173. The van der Waals surface area contributed by atoms with Crippen LogP contribution in [-0.2, 0) is 16.0 Å². The molecule has 0 spiro atoms. The van der Waals surface area contributed by atoms with Crippen LogP contribution in [0.4, 0.5) is 5.82 Å². The van der Waals surface area contributed by atoms with Crippen LogP contribution in [0.3, 0.4) is 0 Å². The second kappa shape index (κ2) is 8.24. The number of hydrogen-bond acceptors (Lipinski definition) is 6. The number of esters is 1. The Kier molecular flexibility index (Phi) is 6.63. The fourth-order valence-corrected chi connectivity index (χ4v) is 2.02. The highest BCUT2D eigenvalue weighted by atomic mass is 16.5. The minimum absolute atomic E-state index is 0.173. The highest BCUT2D eigenvalue weighted by Crippen LogP contribution is 2.33. The Bertz CT molecular complexity index is 449. The van der Waals surface area contributed by atoms with Crippen LogP contribution in [0, 0.1) is 0 Å². The molecule has 6 heteroatoms. The van der Waals surface area contributed by atoms with Crippen molar-refractivity contribution in [2.75, 3.05) is 27.1 Å². The molecule has 0 radical (unpaired) electrons. The van der Waals surface area contributed by atoms with E-state index in [1.165, 1.54) is 7.11 Å². The Hall–Kier alpha value is -1.98. The van der Waals surface area contributed by atoms with Gasteiger partial charge in [0.25, 0.3) is 0 Å². The number of hydrogen-bond donors (Lipinski definition) is 1. The molecular weight excluding hydrogens is 260 g/mol. The lowest BCUT2D eigenvalue weighted by Crippen LogP contribution is -2.03. The van der Waals surface area contributed by atoms with Gasteiger partial charge in [-0.05, 0) is 19.3 Å². The van der Waals surface area contributed by atoms with Crippen molar-refractivity contribution in [2.45, 2.75) is 32.1 Å². The van der Waals surface area contributed by atoms with Crippen molar-refractivity contribution in [1.29, 1.82) is 0 Å². The topological polar surface area (TPSA) is 83.7 Å². The lowest BCUT2D eigenvalue weighted by atomic mass is 10.1. The van der Waals surface area contributed by atoms with Gasteiger partial charge in [-0.2, -0.15) is 0 Å². The summed E-state index contributed by atoms with van der Waals surface area (Å²) in [4.78, 5) is 15.0. The van der Waals surface area contributed by atoms with Gasteiger partial charge in [-0.3, -0.25) is 4.79 Å². The highest BCUT2D eigenvalue weighted by molar-refractivity contribution is 5.68. The summed E-state index contributed by atoms with van der Waals surface area (Å²) in [5.74, 6) is 1.42. The molecule has 0 bridgehead atoms. The zero-order chi connectivity index (χ0) is 15.0. The predicted octanol–water partition coefficient (Wildman–Crippen LogP) is 1.96. The van der Waals surface area contributed by atoms with E-state index in [0.717, 1.165) is 31.2 Å². The predicted molar refractivity (Wildman–Crippen MR) is 75.9 cm³/mol. The molecule has 0 aliphatic heterocycles. The molecule has 0 atom stereocenters. The maximum Gasteiger partial charge on any atom is 0.305 e. The van der Waals surface area contributed by atoms with E-state index in [9.17, 15) is 4.79 Å². The number of carbonyl (C=O) groups excluding carboxylic acids is 1. The number of anilines is 1. The lowest BCUT2D eigenvalue weighted by molar-refractivity contribution is -0.140. The molecule has 0 fully saturated rings. The maximum absolute atomic E-state index is 11.0. The monoisotopic (exact) mass is 282 g/mol. The number of nitrogen functional groups attached to an aromatic ring is 1. The van der Waals surface area contributed by atoms with Crippen molar-refractivity contribution < 1.29 is 19.0 Å². The van der Waals surface area contributed by atoms with Crippen molar-refractivity contribution >= 4 is 11.8 Å². The highest BCUT2D eigenvalue weighted by Gasteiger charge is 2.14. The average Bonchev–Trinajstić information content (AvgIpc) is 2.46. The zero-order valence-electron chi connectivity index (χ0n) is 12.3.